The number of hydrogen-bond acceptors (Lipinski definition) is 5. The second-order valence-electron chi connectivity index (χ2n) is 4.97. The monoisotopic (exact) mass is 305 g/mol. The number of Topliss-reactive ketones (excluding diaryl/α,β-unsaturated/α-hetero) is 1. The molecule has 1 aliphatic rings. The van der Waals surface area contributed by atoms with Crippen LogP contribution in [-0.4, -0.2) is 53.2 Å². The minimum atomic E-state index is -0.607. The molecule has 0 bridgehead atoms. The van der Waals surface area contributed by atoms with E-state index in [1.165, 1.54) is 11.8 Å². The summed E-state index contributed by atoms with van der Waals surface area (Å²) in [6.45, 7) is 1.85. The summed E-state index contributed by atoms with van der Waals surface area (Å²) in [5.41, 5.74) is 0.866. The predicted octanol–water partition coefficient (Wildman–Crippen LogP) is 0.980. The standard InChI is InChI=1S/C16H19NO5/c1-11(19)13-14(12-5-3-2-4-6-12)17(16(21)15(13)20)7-9-22-10-8-18/h2-6,14,18,20H,7-10H2,1H3/t14-/m0/s1. The fourth-order valence-corrected chi connectivity index (χ4v) is 2.56. The topological polar surface area (TPSA) is 87.1 Å². The van der Waals surface area contributed by atoms with Crippen molar-refractivity contribution < 1.29 is 24.5 Å². The summed E-state index contributed by atoms with van der Waals surface area (Å²) in [4.78, 5) is 25.5. The van der Waals surface area contributed by atoms with Crippen LogP contribution in [0.2, 0.25) is 0 Å². The van der Waals surface area contributed by atoms with Gasteiger partial charge in [0.2, 0.25) is 0 Å². The molecule has 0 fully saturated rings. The van der Waals surface area contributed by atoms with Crippen molar-refractivity contribution >= 4 is 11.7 Å². The number of aliphatic hydroxyl groups excluding tert-OH is 2. The molecule has 0 spiro atoms. The highest BCUT2D eigenvalue weighted by molar-refractivity contribution is 6.08. The third-order valence-corrected chi connectivity index (χ3v) is 3.51. The lowest BCUT2D eigenvalue weighted by atomic mass is 9.97. The van der Waals surface area contributed by atoms with Crippen molar-refractivity contribution in [1.82, 2.24) is 4.90 Å². The number of rotatable bonds is 7. The summed E-state index contributed by atoms with van der Waals surface area (Å²) in [7, 11) is 0. The summed E-state index contributed by atoms with van der Waals surface area (Å²) in [5.74, 6) is -1.41. The van der Waals surface area contributed by atoms with Crippen molar-refractivity contribution in [2.45, 2.75) is 13.0 Å². The van der Waals surface area contributed by atoms with Gasteiger partial charge in [-0.05, 0) is 12.5 Å². The van der Waals surface area contributed by atoms with E-state index < -0.39 is 17.7 Å². The van der Waals surface area contributed by atoms with Gasteiger partial charge in [0.15, 0.2) is 11.5 Å². The molecule has 2 rings (SSSR count). The highest BCUT2D eigenvalue weighted by atomic mass is 16.5. The molecule has 118 valence electrons. The number of amides is 1. The van der Waals surface area contributed by atoms with Gasteiger partial charge >= 0.3 is 0 Å². The number of carbonyl (C=O) groups is 2. The first-order valence-corrected chi connectivity index (χ1v) is 7.06. The predicted molar refractivity (Wildman–Crippen MR) is 79.1 cm³/mol. The van der Waals surface area contributed by atoms with Crippen LogP contribution in [0.4, 0.5) is 0 Å². The van der Waals surface area contributed by atoms with Gasteiger partial charge in [0.1, 0.15) is 0 Å². The van der Waals surface area contributed by atoms with Crippen molar-refractivity contribution in [3.63, 3.8) is 0 Å². The molecule has 1 aromatic carbocycles. The molecule has 1 atom stereocenters. The molecule has 6 heteroatoms. The van der Waals surface area contributed by atoms with E-state index >= 15 is 0 Å². The number of ketones is 1. The second kappa shape index (κ2) is 7.20. The molecule has 1 amide bonds. The van der Waals surface area contributed by atoms with Crippen molar-refractivity contribution in [3.8, 4) is 0 Å². The van der Waals surface area contributed by atoms with Gasteiger partial charge in [-0.25, -0.2) is 0 Å². The first-order valence-electron chi connectivity index (χ1n) is 7.06. The lowest BCUT2D eigenvalue weighted by Crippen LogP contribution is -2.34. The fourth-order valence-electron chi connectivity index (χ4n) is 2.56. The molecule has 2 N–H and O–H groups in total. The molecule has 0 saturated carbocycles. The largest absolute Gasteiger partial charge is 0.503 e. The molecule has 0 aliphatic carbocycles. The summed E-state index contributed by atoms with van der Waals surface area (Å²) in [6.07, 6.45) is 0. The van der Waals surface area contributed by atoms with Crippen LogP contribution in [0.25, 0.3) is 0 Å². The fraction of sp³-hybridized carbons (Fsp3) is 0.375. The van der Waals surface area contributed by atoms with Gasteiger partial charge in [0, 0.05) is 6.54 Å². The van der Waals surface area contributed by atoms with E-state index in [1.807, 2.05) is 18.2 Å². The number of carbonyl (C=O) groups excluding carboxylic acids is 2. The summed E-state index contributed by atoms with van der Waals surface area (Å²) >= 11 is 0. The quantitative estimate of drug-likeness (QED) is 0.733. The Hall–Kier alpha value is -2.18. The van der Waals surface area contributed by atoms with E-state index in [0.29, 0.717) is 0 Å². The number of benzene rings is 1. The molecule has 6 nitrogen and oxygen atoms in total. The maximum absolute atomic E-state index is 12.2. The van der Waals surface area contributed by atoms with Gasteiger partial charge in [-0.15, -0.1) is 0 Å². The molecule has 0 unspecified atom stereocenters. The molecule has 22 heavy (non-hydrogen) atoms. The summed E-state index contributed by atoms with van der Waals surface area (Å²) in [5, 5.41) is 18.7. The van der Waals surface area contributed by atoms with Crippen LogP contribution >= 0.6 is 0 Å². The molecular weight excluding hydrogens is 286 g/mol. The smallest absolute Gasteiger partial charge is 0.290 e. The van der Waals surface area contributed by atoms with Gasteiger partial charge in [-0.1, -0.05) is 30.3 Å². The molecule has 0 aromatic heterocycles. The van der Waals surface area contributed by atoms with Gasteiger partial charge in [-0.2, -0.15) is 0 Å². The van der Waals surface area contributed by atoms with Gasteiger partial charge in [0.05, 0.1) is 31.4 Å². The van der Waals surface area contributed by atoms with Gasteiger partial charge in [0.25, 0.3) is 5.91 Å². The summed E-state index contributed by atoms with van der Waals surface area (Å²) in [6, 6.07) is 8.47. The van der Waals surface area contributed by atoms with Crippen LogP contribution in [0, 0.1) is 0 Å². The Morgan fingerprint density at radius 3 is 2.55 bits per heavy atom. The number of ether oxygens (including phenoxy) is 1. The third kappa shape index (κ3) is 3.18. The zero-order valence-corrected chi connectivity index (χ0v) is 12.4. The van der Waals surface area contributed by atoms with Gasteiger partial charge in [-0.3, -0.25) is 9.59 Å². The van der Waals surface area contributed by atoms with Crippen molar-refractivity contribution in [3.05, 3.63) is 47.2 Å². The van der Waals surface area contributed by atoms with Crippen LogP contribution in [0.1, 0.15) is 18.5 Å². The van der Waals surface area contributed by atoms with Crippen LogP contribution < -0.4 is 0 Å². The zero-order valence-electron chi connectivity index (χ0n) is 12.4. The maximum atomic E-state index is 12.2. The minimum absolute atomic E-state index is 0.0990. The Morgan fingerprint density at radius 1 is 1.27 bits per heavy atom. The van der Waals surface area contributed by atoms with E-state index in [0.717, 1.165) is 5.56 Å². The lowest BCUT2D eigenvalue weighted by molar-refractivity contribution is -0.130. The lowest BCUT2D eigenvalue weighted by Gasteiger charge is -2.26. The Balaban J connectivity index is 2.28. The van der Waals surface area contributed by atoms with E-state index in [1.54, 1.807) is 12.1 Å². The normalized spacial score (nSPS) is 18.2. The van der Waals surface area contributed by atoms with Crippen LogP contribution in [0.5, 0.6) is 0 Å². The molecule has 1 aliphatic heterocycles. The number of hydrogen-bond donors (Lipinski definition) is 2. The average molecular weight is 305 g/mol. The second-order valence-corrected chi connectivity index (χ2v) is 4.97. The van der Waals surface area contributed by atoms with Gasteiger partial charge < -0.3 is 19.8 Å². The highest BCUT2D eigenvalue weighted by Gasteiger charge is 2.41. The van der Waals surface area contributed by atoms with E-state index in [9.17, 15) is 14.7 Å². The number of aliphatic hydroxyl groups is 2. The number of nitrogens with zero attached hydrogens (tertiary/aromatic N) is 1. The van der Waals surface area contributed by atoms with Crippen LogP contribution in [-0.2, 0) is 14.3 Å². The van der Waals surface area contributed by atoms with E-state index in [2.05, 4.69) is 0 Å². The maximum Gasteiger partial charge on any atom is 0.290 e. The Kier molecular flexibility index (Phi) is 5.30. The Bertz CT molecular complexity index is 581. The SMILES string of the molecule is CC(=O)C1=C(O)C(=O)N(CCOCCO)[C@H]1c1ccccc1. The van der Waals surface area contributed by atoms with Crippen LogP contribution in [0.3, 0.4) is 0 Å². The first-order chi connectivity index (χ1) is 10.6. The Morgan fingerprint density at radius 2 is 1.95 bits per heavy atom. The molecule has 0 saturated heterocycles. The van der Waals surface area contributed by atoms with Crippen molar-refractivity contribution in [1.29, 1.82) is 0 Å². The van der Waals surface area contributed by atoms with Crippen molar-refractivity contribution in [2.75, 3.05) is 26.4 Å². The third-order valence-electron chi connectivity index (χ3n) is 3.51. The van der Waals surface area contributed by atoms with E-state index in [-0.39, 0.29) is 37.7 Å². The molecule has 1 aromatic rings. The van der Waals surface area contributed by atoms with Crippen molar-refractivity contribution in [2.24, 2.45) is 0 Å². The highest BCUT2D eigenvalue weighted by Crippen LogP contribution is 2.37. The van der Waals surface area contributed by atoms with Crippen LogP contribution in [0.15, 0.2) is 41.7 Å². The molecular formula is C16H19NO5. The molecule has 0 radical (unpaired) electrons. The zero-order chi connectivity index (χ0) is 16.1. The first kappa shape index (κ1) is 16.2. The Labute approximate surface area is 128 Å². The minimum Gasteiger partial charge on any atom is -0.503 e. The average Bonchev–Trinajstić information content (AvgIpc) is 2.77. The molecule has 1 heterocycles. The van der Waals surface area contributed by atoms with E-state index in [4.69, 9.17) is 9.84 Å². The summed E-state index contributed by atoms with van der Waals surface area (Å²) < 4.78 is 5.18.